The highest BCUT2D eigenvalue weighted by Crippen LogP contribution is 2.31. The lowest BCUT2D eigenvalue weighted by Gasteiger charge is -2.28. The number of hydrazine groups is 1. The largest absolute Gasteiger partial charge is 0.372 e. The number of ether oxygens (including phenoxy) is 1. The van der Waals surface area contributed by atoms with Crippen LogP contribution in [-0.2, 0) is 10.3 Å². The summed E-state index contributed by atoms with van der Waals surface area (Å²) < 4.78 is 19.3. The van der Waals surface area contributed by atoms with Crippen LogP contribution in [0.25, 0.3) is 0 Å². The molecule has 104 valence electrons. The Balaban J connectivity index is 2.41. The van der Waals surface area contributed by atoms with E-state index >= 15 is 0 Å². The maximum absolute atomic E-state index is 13.7. The standard InChI is InChI=1S/C14H20FN3O/c1-14(19-3)9-7-11(15)8-10-16-18(2)13-6-4-5-12(14)17-13/h4-6,8,16H,7,9-10H2,1-3H3/b11-8+. The predicted octanol–water partition coefficient (Wildman–Crippen LogP) is 2.53. The summed E-state index contributed by atoms with van der Waals surface area (Å²) in [6.45, 7) is 2.38. The van der Waals surface area contributed by atoms with E-state index < -0.39 is 5.60 Å². The van der Waals surface area contributed by atoms with Crippen molar-refractivity contribution >= 4 is 5.82 Å². The summed E-state index contributed by atoms with van der Waals surface area (Å²) in [5.41, 5.74) is 3.32. The Morgan fingerprint density at radius 1 is 1.47 bits per heavy atom. The molecule has 4 nitrogen and oxygen atoms in total. The maximum Gasteiger partial charge on any atom is 0.142 e. The third-order valence-corrected chi connectivity index (χ3v) is 3.56. The third-order valence-electron chi connectivity index (χ3n) is 3.56. The van der Waals surface area contributed by atoms with Crippen molar-refractivity contribution in [3.8, 4) is 0 Å². The van der Waals surface area contributed by atoms with Gasteiger partial charge in [0, 0.05) is 27.1 Å². The molecule has 0 saturated heterocycles. The van der Waals surface area contributed by atoms with Gasteiger partial charge in [-0.1, -0.05) is 6.07 Å². The van der Waals surface area contributed by atoms with Gasteiger partial charge in [0.05, 0.1) is 11.5 Å². The summed E-state index contributed by atoms with van der Waals surface area (Å²) in [7, 11) is 3.50. The minimum atomic E-state index is -0.577. The van der Waals surface area contributed by atoms with Crippen LogP contribution >= 0.6 is 0 Å². The number of hydrogen-bond donors (Lipinski definition) is 1. The number of fused-ring (bicyclic) bond motifs is 2. The molecule has 1 aliphatic rings. The zero-order valence-corrected chi connectivity index (χ0v) is 11.6. The fourth-order valence-electron chi connectivity index (χ4n) is 2.07. The average Bonchev–Trinajstić information content (AvgIpc) is 2.45. The number of allylic oxidation sites excluding steroid dienone is 1. The van der Waals surface area contributed by atoms with Crippen molar-refractivity contribution in [2.24, 2.45) is 0 Å². The molecule has 0 fully saturated rings. The van der Waals surface area contributed by atoms with E-state index in [1.54, 1.807) is 18.2 Å². The number of hydrogen-bond acceptors (Lipinski definition) is 4. The van der Waals surface area contributed by atoms with Crippen LogP contribution in [0.15, 0.2) is 30.1 Å². The summed E-state index contributed by atoms with van der Waals surface area (Å²) >= 11 is 0. The van der Waals surface area contributed by atoms with Crippen molar-refractivity contribution in [1.82, 2.24) is 10.4 Å². The van der Waals surface area contributed by atoms with Crippen molar-refractivity contribution < 1.29 is 9.13 Å². The van der Waals surface area contributed by atoms with Crippen LogP contribution in [-0.4, -0.2) is 25.7 Å². The van der Waals surface area contributed by atoms with Gasteiger partial charge in [0.25, 0.3) is 0 Å². The molecule has 1 unspecified atom stereocenters. The second-order valence-electron chi connectivity index (χ2n) is 4.89. The van der Waals surface area contributed by atoms with Crippen molar-refractivity contribution in [2.75, 3.05) is 25.7 Å². The fourth-order valence-corrected chi connectivity index (χ4v) is 2.07. The molecule has 0 aromatic carbocycles. The summed E-state index contributed by atoms with van der Waals surface area (Å²) in [5.74, 6) is 0.663. The molecule has 2 heterocycles. The number of rotatable bonds is 1. The number of halogens is 1. The molecule has 0 saturated carbocycles. The summed E-state index contributed by atoms with van der Waals surface area (Å²) in [6.07, 6.45) is 2.47. The van der Waals surface area contributed by atoms with Crippen molar-refractivity contribution in [1.29, 1.82) is 0 Å². The van der Waals surface area contributed by atoms with Gasteiger partial charge in [0.15, 0.2) is 0 Å². The molecule has 1 aromatic heterocycles. The van der Waals surface area contributed by atoms with Crippen molar-refractivity contribution in [3.63, 3.8) is 0 Å². The minimum absolute atomic E-state index is 0.126. The van der Waals surface area contributed by atoms with Gasteiger partial charge in [-0.05, 0) is 31.6 Å². The van der Waals surface area contributed by atoms with Gasteiger partial charge in [-0.2, -0.15) is 0 Å². The first-order valence-electron chi connectivity index (χ1n) is 6.39. The Hall–Kier alpha value is -1.46. The van der Waals surface area contributed by atoms with Crippen LogP contribution in [0, 0.1) is 0 Å². The summed E-state index contributed by atoms with van der Waals surface area (Å²) in [6, 6.07) is 5.76. The highest BCUT2D eigenvalue weighted by atomic mass is 19.1. The molecule has 1 atom stereocenters. The first-order chi connectivity index (χ1) is 9.05. The minimum Gasteiger partial charge on any atom is -0.372 e. The van der Waals surface area contributed by atoms with E-state index in [-0.39, 0.29) is 5.83 Å². The molecule has 0 radical (unpaired) electrons. The quantitative estimate of drug-likeness (QED) is 0.846. The molecule has 1 aliphatic heterocycles. The number of methoxy groups -OCH3 is 1. The Morgan fingerprint density at radius 2 is 2.26 bits per heavy atom. The fraction of sp³-hybridized carbons (Fsp3) is 0.500. The molecule has 0 amide bonds. The van der Waals surface area contributed by atoms with Crippen molar-refractivity contribution in [2.45, 2.75) is 25.4 Å². The zero-order chi connectivity index (χ0) is 13.9. The van der Waals surface area contributed by atoms with Crippen LogP contribution in [0.3, 0.4) is 0 Å². The molecular formula is C14H20FN3O. The average molecular weight is 265 g/mol. The monoisotopic (exact) mass is 265 g/mol. The van der Waals surface area contributed by atoms with Gasteiger partial charge in [0.1, 0.15) is 11.4 Å². The molecule has 5 heteroatoms. The Kier molecular flexibility index (Phi) is 4.17. The lowest BCUT2D eigenvalue weighted by atomic mass is 9.94. The molecule has 1 N–H and O–H groups in total. The molecule has 0 aliphatic carbocycles. The smallest absolute Gasteiger partial charge is 0.142 e. The Labute approximate surface area is 113 Å². The molecular weight excluding hydrogens is 245 g/mol. The zero-order valence-electron chi connectivity index (χ0n) is 11.6. The van der Waals surface area contributed by atoms with E-state index in [1.807, 2.05) is 32.2 Å². The highest BCUT2D eigenvalue weighted by molar-refractivity contribution is 5.38. The van der Waals surface area contributed by atoms with Gasteiger partial charge in [-0.3, -0.25) is 5.01 Å². The van der Waals surface area contributed by atoms with Crippen LogP contribution in [0.4, 0.5) is 10.2 Å². The van der Waals surface area contributed by atoms with Gasteiger partial charge >= 0.3 is 0 Å². The second-order valence-corrected chi connectivity index (χ2v) is 4.89. The van der Waals surface area contributed by atoms with Gasteiger partial charge < -0.3 is 4.74 Å². The molecule has 2 bridgehead atoms. The number of pyridine rings is 1. The van der Waals surface area contributed by atoms with E-state index in [9.17, 15) is 4.39 Å². The second kappa shape index (κ2) is 5.67. The van der Waals surface area contributed by atoms with Gasteiger partial charge in [-0.25, -0.2) is 14.8 Å². The summed E-state index contributed by atoms with van der Waals surface area (Å²) in [5, 5.41) is 1.79. The van der Waals surface area contributed by atoms with E-state index in [0.29, 0.717) is 19.4 Å². The summed E-state index contributed by atoms with van der Waals surface area (Å²) in [4.78, 5) is 4.60. The number of anilines is 1. The Bertz CT molecular complexity index is 478. The van der Waals surface area contributed by atoms with E-state index in [2.05, 4.69) is 10.4 Å². The van der Waals surface area contributed by atoms with Gasteiger partial charge in [-0.15, -0.1) is 0 Å². The molecule has 1 aromatic rings. The maximum atomic E-state index is 13.7. The first-order valence-corrected chi connectivity index (χ1v) is 6.39. The van der Waals surface area contributed by atoms with E-state index in [4.69, 9.17) is 4.74 Å². The van der Waals surface area contributed by atoms with E-state index in [0.717, 1.165) is 11.5 Å². The molecule has 0 spiro atoms. The normalized spacial score (nSPS) is 27.4. The number of nitrogens with one attached hydrogen (secondary N) is 1. The first kappa shape index (κ1) is 14.0. The van der Waals surface area contributed by atoms with Crippen LogP contribution < -0.4 is 10.4 Å². The predicted molar refractivity (Wildman–Crippen MR) is 73.4 cm³/mol. The van der Waals surface area contributed by atoms with Crippen LogP contribution in [0.2, 0.25) is 0 Å². The highest BCUT2D eigenvalue weighted by Gasteiger charge is 2.28. The Morgan fingerprint density at radius 3 is 3.00 bits per heavy atom. The lowest BCUT2D eigenvalue weighted by molar-refractivity contribution is -0.00975. The van der Waals surface area contributed by atoms with Gasteiger partial charge in [0.2, 0.25) is 0 Å². The molecule has 19 heavy (non-hydrogen) atoms. The number of aromatic nitrogens is 1. The third kappa shape index (κ3) is 3.11. The van der Waals surface area contributed by atoms with Crippen LogP contribution in [0.1, 0.15) is 25.5 Å². The van der Waals surface area contributed by atoms with Crippen LogP contribution in [0.5, 0.6) is 0 Å². The number of nitrogens with zero attached hydrogens (tertiary/aromatic N) is 2. The SMILES string of the molecule is COC1(C)CC/C(F)=C\CNN(C)c2cccc1n2. The molecule has 2 rings (SSSR count). The lowest BCUT2D eigenvalue weighted by Crippen LogP contribution is -2.35. The van der Waals surface area contributed by atoms with Crippen molar-refractivity contribution in [3.05, 3.63) is 35.8 Å². The topological polar surface area (TPSA) is 37.4 Å². The van der Waals surface area contributed by atoms with E-state index in [1.165, 1.54) is 0 Å².